The number of amides is 2. The second kappa shape index (κ2) is 12.6. The fourth-order valence-corrected chi connectivity index (χ4v) is 4.74. The Balaban J connectivity index is 1.55. The first kappa shape index (κ1) is 29.3. The van der Waals surface area contributed by atoms with Crippen molar-refractivity contribution in [2.45, 2.75) is 18.5 Å². The summed E-state index contributed by atoms with van der Waals surface area (Å²) in [4.78, 5) is 31.1. The van der Waals surface area contributed by atoms with Gasteiger partial charge in [0.05, 0.1) is 17.8 Å². The van der Waals surface area contributed by atoms with Gasteiger partial charge in [0.25, 0.3) is 5.91 Å². The van der Waals surface area contributed by atoms with Crippen LogP contribution in [0.15, 0.2) is 107 Å². The minimum absolute atomic E-state index is 0.0241. The molecule has 4 N–H and O–H groups in total. The van der Waals surface area contributed by atoms with Crippen molar-refractivity contribution in [1.82, 2.24) is 0 Å². The maximum Gasteiger partial charge on any atom is 0.573 e. The number of rotatable bonds is 9. The molecule has 0 spiro atoms. The molecule has 0 fully saturated rings. The number of halogens is 3. The van der Waals surface area contributed by atoms with Gasteiger partial charge in [0.1, 0.15) is 21.8 Å². The molecule has 3 aromatic carbocycles. The van der Waals surface area contributed by atoms with Crippen molar-refractivity contribution in [3.05, 3.63) is 102 Å². The van der Waals surface area contributed by atoms with E-state index in [1.807, 2.05) is 18.2 Å². The Bertz CT molecular complexity index is 1510. The Hall–Kier alpha value is -4.71. The zero-order valence-corrected chi connectivity index (χ0v) is 22.5. The molecule has 1 aliphatic heterocycles. The molecule has 0 aliphatic carbocycles. The van der Waals surface area contributed by atoms with E-state index in [0.717, 1.165) is 29.5 Å². The Kier molecular flexibility index (Phi) is 9.03. The van der Waals surface area contributed by atoms with Gasteiger partial charge in [0, 0.05) is 11.4 Å². The van der Waals surface area contributed by atoms with Crippen LogP contribution in [0.3, 0.4) is 0 Å². The Morgan fingerprint density at radius 1 is 0.976 bits per heavy atom. The number of carbonyl (C=O) groups is 2. The highest BCUT2D eigenvalue weighted by Gasteiger charge is 2.38. The molecule has 1 aliphatic rings. The quantitative estimate of drug-likeness (QED) is 0.257. The molecule has 12 heteroatoms. The Labute approximate surface area is 238 Å². The van der Waals surface area contributed by atoms with Gasteiger partial charge in [-0.25, -0.2) is 0 Å². The summed E-state index contributed by atoms with van der Waals surface area (Å²) in [5.41, 5.74) is 7.66. The molecule has 8 nitrogen and oxygen atoms in total. The first-order valence-corrected chi connectivity index (χ1v) is 13.0. The molecule has 1 unspecified atom stereocenters. The number of ether oxygens (including phenoxy) is 2. The van der Waals surface area contributed by atoms with E-state index in [1.165, 1.54) is 12.1 Å². The number of para-hydroxylation sites is 3. The number of nitrogens with zero attached hydrogens (tertiary/aromatic N) is 1. The van der Waals surface area contributed by atoms with Crippen LogP contribution in [0, 0.1) is 0 Å². The predicted octanol–water partition coefficient (Wildman–Crippen LogP) is 6.26. The minimum atomic E-state index is -4.84. The van der Waals surface area contributed by atoms with Crippen molar-refractivity contribution in [2.75, 3.05) is 17.2 Å². The highest BCUT2D eigenvalue weighted by Crippen LogP contribution is 2.36. The number of carbonyl (C=O) groups excluding carboxylic acids is 2. The molecule has 212 valence electrons. The van der Waals surface area contributed by atoms with Gasteiger partial charge in [0.2, 0.25) is 5.91 Å². The summed E-state index contributed by atoms with van der Waals surface area (Å²) in [5, 5.41) is 4.62. The highest BCUT2D eigenvalue weighted by atomic mass is 32.2. The van der Waals surface area contributed by atoms with E-state index in [9.17, 15) is 22.8 Å². The van der Waals surface area contributed by atoms with Crippen molar-refractivity contribution in [3.63, 3.8) is 0 Å². The summed E-state index contributed by atoms with van der Waals surface area (Å²) < 4.78 is 47.1. The van der Waals surface area contributed by atoms with Gasteiger partial charge in [-0.05, 0) is 55.5 Å². The van der Waals surface area contributed by atoms with Gasteiger partial charge in [-0.2, -0.15) is 0 Å². The van der Waals surface area contributed by atoms with Crippen LogP contribution in [0.1, 0.15) is 6.92 Å². The number of anilines is 2. The van der Waals surface area contributed by atoms with E-state index in [-0.39, 0.29) is 28.5 Å². The largest absolute Gasteiger partial charge is 0.573 e. The summed E-state index contributed by atoms with van der Waals surface area (Å²) in [6, 6.07) is 20.5. The molecule has 3 aromatic rings. The lowest BCUT2D eigenvalue weighted by Gasteiger charge is -2.13. The summed E-state index contributed by atoms with van der Waals surface area (Å²) in [7, 11) is 0. The van der Waals surface area contributed by atoms with E-state index < -0.39 is 29.2 Å². The molecule has 0 radical (unpaired) electrons. The summed E-state index contributed by atoms with van der Waals surface area (Å²) in [5.74, 6) is -0.652. The number of hydrogen-bond acceptors (Lipinski definition) is 7. The molecule has 0 saturated heterocycles. The van der Waals surface area contributed by atoms with Crippen LogP contribution in [-0.2, 0) is 9.59 Å². The molecule has 1 heterocycles. The van der Waals surface area contributed by atoms with Gasteiger partial charge in [-0.15, -0.1) is 13.2 Å². The fourth-order valence-electron chi connectivity index (χ4n) is 3.64. The third-order valence-electron chi connectivity index (χ3n) is 5.43. The lowest BCUT2D eigenvalue weighted by atomic mass is 10.1. The summed E-state index contributed by atoms with van der Waals surface area (Å²) in [6.45, 7) is 5.79. The number of benzene rings is 3. The average Bonchev–Trinajstić information content (AvgIpc) is 3.25. The maximum absolute atomic E-state index is 13.5. The Morgan fingerprint density at radius 3 is 2.29 bits per heavy atom. The van der Waals surface area contributed by atoms with Crippen molar-refractivity contribution < 1.29 is 32.2 Å². The van der Waals surface area contributed by atoms with Gasteiger partial charge >= 0.3 is 6.36 Å². The van der Waals surface area contributed by atoms with Crippen LogP contribution < -0.4 is 25.8 Å². The molecule has 0 aromatic heterocycles. The normalized spacial score (nSPS) is 15.9. The summed E-state index contributed by atoms with van der Waals surface area (Å²) >= 11 is 0.985. The average molecular weight is 583 g/mol. The third kappa shape index (κ3) is 7.92. The van der Waals surface area contributed by atoms with Gasteiger partial charge in [-0.1, -0.05) is 54.2 Å². The molecule has 1 atom stereocenters. The zero-order chi connectivity index (χ0) is 29.6. The lowest BCUT2D eigenvalue weighted by molar-refractivity contribution is -0.274. The third-order valence-corrected chi connectivity index (χ3v) is 6.69. The highest BCUT2D eigenvalue weighted by molar-refractivity contribution is 8.16. The van der Waals surface area contributed by atoms with Crippen LogP contribution in [0.2, 0.25) is 0 Å². The zero-order valence-electron chi connectivity index (χ0n) is 21.7. The Morgan fingerprint density at radius 2 is 1.63 bits per heavy atom. The first-order chi connectivity index (χ1) is 19.5. The lowest BCUT2D eigenvalue weighted by Crippen LogP contribution is -2.29. The monoisotopic (exact) mass is 582 g/mol. The van der Waals surface area contributed by atoms with E-state index in [4.69, 9.17) is 10.5 Å². The van der Waals surface area contributed by atoms with E-state index >= 15 is 0 Å². The van der Waals surface area contributed by atoms with Crippen molar-refractivity contribution in [1.29, 1.82) is 0 Å². The molecule has 0 bridgehead atoms. The van der Waals surface area contributed by atoms with Gasteiger partial charge in [0.15, 0.2) is 5.75 Å². The van der Waals surface area contributed by atoms with Crippen LogP contribution >= 0.6 is 11.8 Å². The number of aliphatic imine (C=N–C) groups is 1. The van der Waals surface area contributed by atoms with Crippen molar-refractivity contribution in [3.8, 4) is 17.2 Å². The van der Waals surface area contributed by atoms with E-state index in [2.05, 4.69) is 26.9 Å². The van der Waals surface area contributed by atoms with Crippen LogP contribution in [0.4, 0.5) is 24.5 Å². The number of nitrogens with one attached hydrogen (secondary N) is 2. The molecular formula is C29H25F3N4O4S. The van der Waals surface area contributed by atoms with Crippen LogP contribution in [-0.4, -0.2) is 35.0 Å². The van der Waals surface area contributed by atoms with E-state index in [0.29, 0.717) is 17.2 Å². The molecule has 2 amide bonds. The number of alkyl halides is 3. The second-order valence-electron chi connectivity index (χ2n) is 8.83. The molecular weight excluding hydrogens is 557 g/mol. The molecule has 41 heavy (non-hydrogen) atoms. The molecule has 0 saturated carbocycles. The van der Waals surface area contributed by atoms with Crippen LogP contribution in [0.5, 0.6) is 17.2 Å². The smallest absolute Gasteiger partial charge is 0.455 e. The maximum atomic E-state index is 13.5. The predicted molar refractivity (Wildman–Crippen MR) is 153 cm³/mol. The fraction of sp³-hybridized carbons (Fsp3) is 0.138. The van der Waals surface area contributed by atoms with Crippen LogP contribution in [0.25, 0.3) is 0 Å². The number of nitrogens with two attached hydrogens (primary N) is 1. The van der Waals surface area contributed by atoms with Gasteiger partial charge < -0.3 is 25.8 Å². The first-order valence-electron chi connectivity index (χ1n) is 12.2. The SMILES string of the molecule is C=C(C)CN=C1SC(C(=O)Nc2ccc(OC(F)(F)F)cc2)C(N)=C1C(=O)Nc1ccccc1Oc1ccccc1. The number of thioether (sulfide) groups is 1. The van der Waals surface area contributed by atoms with Crippen molar-refractivity contribution in [2.24, 2.45) is 10.7 Å². The topological polar surface area (TPSA) is 115 Å². The standard InChI is InChI=1S/C29H25F3N4O4S/c1-17(2)16-34-28-23(26(37)36-21-10-6-7-11-22(21)39-19-8-4-3-5-9-19)24(33)25(41-28)27(38)35-18-12-14-20(15-13-18)40-29(30,31)32/h3-15,25H,1,16,33H2,2H3,(H,35,38)(H,36,37). The van der Waals surface area contributed by atoms with Crippen molar-refractivity contribution >= 4 is 40.0 Å². The van der Waals surface area contributed by atoms with E-state index in [1.54, 1.807) is 43.3 Å². The minimum Gasteiger partial charge on any atom is -0.455 e. The van der Waals surface area contributed by atoms with Gasteiger partial charge in [-0.3, -0.25) is 14.6 Å². The number of hydrogen-bond donors (Lipinski definition) is 3. The summed E-state index contributed by atoms with van der Waals surface area (Å²) in [6.07, 6.45) is -4.84. The second-order valence-corrected chi connectivity index (χ2v) is 9.93. The molecule has 4 rings (SSSR count).